The molecule has 1 heterocycles. The Morgan fingerprint density at radius 1 is 1.15 bits per heavy atom. The number of rotatable bonds is 5. The van der Waals surface area contributed by atoms with E-state index in [4.69, 9.17) is 23.2 Å². The number of aromatic nitrogens is 1. The summed E-state index contributed by atoms with van der Waals surface area (Å²) in [6, 6.07) is 11.4. The predicted molar refractivity (Wildman–Crippen MR) is 109 cm³/mol. The van der Waals surface area contributed by atoms with Crippen LogP contribution in [0.4, 0.5) is 5.13 Å². The summed E-state index contributed by atoms with van der Waals surface area (Å²) < 4.78 is 24.7. The number of hydrogen-bond donors (Lipinski definition) is 1. The summed E-state index contributed by atoms with van der Waals surface area (Å²) in [6.45, 7) is 1.86. The van der Waals surface area contributed by atoms with Crippen molar-refractivity contribution in [1.82, 2.24) is 4.98 Å². The van der Waals surface area contributed by atoms with Gasteiger partial charge in [0.2, 0.25) is 5.91 Å². The van der Waals surface area contributed by atoms with Crippen molar-refractivity contribution in [1.29, 1.82) is 0 Å². The van der Waals surface area contributed by atoms with Gasteiger partial charge in [0.1, 0.15) is 5.75 Å². The van der Waals surface area contributed by atoms with Gasteiger partial charge in [-0.05, 0) is 37.3 Å². The van der Waals surface area contributed by atoms with E-state index >= 15 is 0 Å². The quantitative estimate of drug-likeness (QED) is 0.615. The van der Waals surface area contributed by atoms with Crippen LogP contribution in [0, 0.1) is 6.92 Å². The molecular formula is C18H14Cl2N2O3S2. The van der Waals surface area contributed by atoms with Crippen molar-refractivity contribution in [3.05, 3.63) is 63.5 Å². The molecule has 1 N–H and O–H groups in total. The number of carbonyl (C=O) groups excluding carboxylic acids is 1. The lowest BCUT2D eigenvalue weighted by Crippen LogP contribution is -2.23. The minimum absolute atomic E-state index is 0.107. The molecular weight excluding hydrogens is 427 g/mol. The maximum Gasteiger partial charge on any atom is 0.241 e. The highest BCUT2D eigenvalue weighted by atomic mass is 35.5. The van der Waals surface area contributed by atoms with Crippen LogP contribution < -0.4 is 5.32 Å². The smallest absolute Gasteiger partial charge is 0.241 e. The summed E-state index contributed by atoms with van der Waals surface area (Å²) in [5.74, 6) is -1.31. The first kappa shape index (κ1) is 19.8. The van der Waals surface area contributed by atoms with E-state index in [9.17, 15) is 13.2 Å². The molecule has 0 saturated carbocycles. The first-order valence-electron chi connectivity index (χ1n) is 7.75. The number of nitrogens with zero attached hydrogens (tertiary/aromatic N) is 1. The van der Waals surface area contributed by atoms with Gasteiger partial charge in [-0.1, -0.05) is 40.9 Å². The molecule has 1 amide bonds. The topological polar surface area (TPSA) is 76.1 Å². The highest BCUT2D eigenvalue weighted by Crippen LogP contribution is 2.32. The van der Waals surface area contributed by atoms with Crippen LogP contribution in [0.3, 0.4) is 0 Å². The van der Waals surface area contributed by atoms with Crippen LogP contribution in [0.25, 0.3) is 11.3 Å². The summed E-state index contributed by atoms with van der Waals surface area (Å²) in [5.41, 5.74) is 2.18. The Hall–Kier alpha value is -1.93. The van der Waals surface area contributed by atoms with E-state index in [0.717, 1.165) is 5.56 Å². The monoisotopic (exact) mass is 440 g/mol. The molecule has 0 fully saturated rings. The van der Waals surface area contributed by atoms with Gasteiger partial charge in [0, 0.05) is 16.0 Å². The van der Waals surface area contributed by atoms with E-state index in [-0.39, 0.29) is 4.90 Å². The molecule has 9 heteroatoms. The normalized spacial score (nSPS) is 11.4. The van der Waals surface area contributed by atoms with Gasteiger partial charge >= 0.3 is 0 Å². The molecule has 0 unspecified atom stereocenters. The molecule has 0 aliphatic rings. The molecule has 0 bridgehead atoms. The first-order valence-corrected chi connectivity index (χ1v) is 11.0. The van der Waals surface area contributed by atoms with E-state index in [1.165, 1.54) is 23.5 Å². The lowest BCUT2D eigenvalue weighted by molar-refractivity contribution is -0.113. The Morgan fingerprint density at radius 2 is 1.85 bits per heavy atom. The number of hydrogen-bond acceptors (Lipinski definition) is 5. The van der Waals surface area contributed by atoms with Crippen LogP contribution in [0.5, 0.6) is 0 Å². The van der Waals surface area contributed by atoms with E-state index in [2.05, 4.69) is 10.3 Å². The summed E-state index contributed by atoms with van der Waals surface area (Å²) in [6.07, 6.45) is 0. The van der Waals surface area contributed by atoms with Crippen molar-refractivity contribution in [3.8, 4) is 11.3 Å². The Balaban J connectivity index is 1.71. The van der Waals surface area contributed by atoms with Crippen LogP contribution in [0.2, 0.25) is 10.0 Å². The number of carbonyl (C=O) groups is 1. The fourth-order valence-electron chi connectivity index (χ4n) is 2.31. The summed E-state index contributed by atoms with van der Waals surface area (Å²) in [4.78, 5) is 16.6. The Kier molecular flexibility index (Phi) is 5.86. The minimum Gasteiger partial charge on any atom is -0.301 e. The molecule has 5 nitrogen and oxygen atoms in total. The van der Waals surface area contributed by atoms with Gasteiger partial charge in [0.15, 0.2) is 15.0 Å². The van der Waals surface area contributed by atoms with E-state index in [1.54, 1.807) is 35.7 Å². The van der Waals surface area contributed by atoms with E-state index < -0.39 is 21.5 Å². The van der Waals surface area contributed by atoms with Crippen molar-refractivity contribution in [2.75, 3.05) is 11.1 Å². The van der Waals surface area contributed by atoms with Crippen LogP contribution in [-0.4, -0.2) is 25.1 Å². The van der Waals surface area contributed by atoms with Crippen molar-refractivity contribution in [3.63, 3.8) is 0 Å². The number of anilines is 1. The highest BCUT2D eigenvalue weighted by Gasteiger charge is 2.20. The van der Waals surface area contributed by atoms with E-state index in [1.807, 2.05) is 6.92 Å². The lowest BCUT2D eigenvalue weighted by atomic mass is 10.2. The molecule has 3 rings (SSSR count). The van der Waals surface area contributed by atoms with Gasteiger partial charge in [-0.3, -0.25) is 4.79 Å². The first-order chi connectivity index (χ1) is 12.7. The Morgan fingerprint density at radius 3 is 2.52 bits per heavy atom. The summed E-state index contributed by atoms with van der Waals surface area (Å²) in [7, 11) is -3.72. The molecule has 0 radical (unpaired) electrons. The standard InChI is InChI=1S/C18H14Cl2N2O3S2/c1-11-2-5-13(6-3-11)27(24,25)10-17(23)22-18-21-16(9-26-18)14-7-4-12(19)8-15(14)20/h2-9H,10H2,1H3,(H,21,22,23). The van der Waals surface area contributed by atoms with Crippen molar-refractivity contribution < 1.29 is 13.2 Å². The molecule has 0 atom stereocenters. The molecule has 27 heavy (non-hydrogen) atoms. The van der Waals surface area contributed by atoms with Crippen molar-refractivity contribution >= 4 is 55.4 Å². The zero-order chi connectivity index (χ0) is 19.6. The zero-order valence-electron chi connectivity index (χ0n) is 14.1. The maximum absolute atomic E-state index is 12.3. The molecule has 140 valence electrons. The van der Waals surface area contributed by atoms with Gasteiger partial charge in [-0.15, -0.1) is 11.3 Å². The maximum atomic E-state index is 12.3. The fourth-order valence-corrected chi connectivity index (χ4v) is 4.68. The predicted octanol–water partition coefficient (Wildman–Crippen LogP) is 4.84. The largest absolute Gasteiger partial charge is 0.301 e. The average molecular weight is 441 g/mol. The van der Waals surface area contributed by atoms with Gasteiger partial charge in [0.05, 0.1) is 15.6 Å². The Bertz CT molecular complexity index is 1090. The molecule has 2 aromatic carbocycles. The number of aryl methyl sites for hydroxylation is 1. The SMILES string of the molecule is Cc1ccc(S(=O)(=O)CC(=O)Nc2nc(-c3ccc(Cl)cc3Cl)cs2)cc1. The highest BCUT2D eigenvalue weighted by molar-refractivity contribution is 7.92. The number of amides is 1. The van der Waals surface area contributed by atoms with Crippen LogP contribution in [0.15, 0.2) is 52.7 Å². The number of nitrogens with one attached hydrogen (secondary N) is 1. The van der Waals surface area contributed by atoms with Crippen LogP contribution in [-0.2, 0) is 14.6 Å². The number of halogens is 2. The number of thiazole rings is 1. The van der Waals surface area contributed by atoms with E-state index in [0.29, 0.717) is 26.4 Å². The molecule has 0 aliphatic heterocycles. The zero-order valence-corrected chi connectivity index (χ0v) is 17.2. The second-order valence-corrected chi connectivity index (χ2v) is 9.47. The van der Waals surface area contributed by atoms with Crippen LogP contribution >= 0.6 is 34.5 Å². The molecule has 0 saturated heterocycles. The third-order valence-corrected chi connectivity index (χ3v) is 6.60. The number of benzene rings is 2. The van der Waals surface area contributed by atoms with Crippen molar-refractivity contribution in [2.24, 2.45) is 0 Å². The molecule has 0 spiro atoms. The second kappa shape index (κ2) is 7.98. The van der Waals surface area contributed by atoms with Gasteiger partial charge in [0.25, 0.3) is 0 Å². The van der Waals surface area contributed by atoms with Crippen molar-refractivity contribution in [2.45, 2.75) is 11.8 Å². The van der Waals surface area contributed by atoms with Crippen LogP contribution in [0.1, 0.15) is 5.56 Å². The Labute approximate surface area is 170 Å². The van der Waals surface area contributed by atoms with Gasteiger partial charge < -0.3 is 5.32 Å². The third-order valence-electron chi connectivity index (χ3n) is 3.66. The summed E-state index contributed by atoms with van der Waals surface area (Å²) >= 11 is 13.2. The molecule has 1 aromatic heterocycles. The number of sulfone groups is 1. The average Bonchev–Trinajstić information content (AvgIpc) is 3.02. The summed E-state index contributed by atoms with van der Waals surface area (Å²) in [5, 5.41) is 5.48. The lowest BCUT2D eigenvalue weighted by Gasteiger charge is -2.05. The minimum atomic E-state index is -3.72. The van der Waals surface area contributed by atoms with Gasteiger partial charge in [-0.2, -0.15) is 0 Å². The second-order valence-electron chi connectivity index (χ2n) is 5.78. The van der Waals surface area contributed by atoms with Gasteiger partial charge in [-0.25, -0.2) is 13.4 Å². The fraction of sp³-hybridized carbons (Fsp3) is 0.111. The molecule has 0 aliphatic carbocycles. The third kappa shape index (κ3) is 4.87. The molecule has 3 aromatic rings.